The van der Waals surface area contributed by atoms with Crippen molar-refractivity contribution in [2.24, 2.45) is 5.92 Å². The second kappa shape index (κ2) is 36.7. The molecular weight excluding hydrogens is 600 g/mol. The standard InChI is InChI=1S/C42H80O6/c1-5-8-10-12-14-15-16-17-18-19-21-25-29-33-40(43)46-36-39(48-42(45)35-31-27-20-13-11-9-6-2)37-47-41(44)34-30-26-23-22-24-28-32-38(4)7-3/h38-39H,5-37H2,1-4H3/t38?,39-/m1/s1. The summed E-state index contributed by atoms with van der Waals surface area (Å²) < 4.78 is 16.6. The molecule has 0 aromatic heterocycles. The molecule has 284 valence electrons. The lowest BCUT2D eigenvalue weighted by molar-refractivity contribution is -0.167. The average molecular weight is 681 g/mol. The number of ether oxygens (including phenoxy) is 3. The van der Waals surface area contributed by atoms with Crippen molar-refractivity contribution in [1.29, 1.82) is 0 Å². The monoisotopic (exact) mass is 681 g/mol. The molecule has 0 aliphatic carbocycles. The summed E-state index contributed by atoms with van der Waals surface area (Å²) in [7, 11) is 0. The fourth-order valence-electron chi connectivity index (χ4n) is 6.06. The Hall–Kier alpha value is -1.59. The zero-order valence-electron chi connectivity index (χ0n) is 32.4. The van der Waals surface area contributed by atoms with Crippen LogP contribution < -0.4 is 0 Å². The molecule has 2 atom stereocenters. The Morgan fingerprint density at radius 1 is 0.417 bits per heavy atom. The first-order chi connectivity index (χ1) is 23.4. The summed E-state index contributed by atoms with van der Waals surface area (Å²) in [6.45, 7) is 8.91. The van der Waals surface area contributed by atoms with Gasteiger partial charge in [0.2, 0.25) is 0 Å². The molecule has 0 amide bonds. The normalized spacial score (nSPS) is 12.5. The van der Waals surface area contributed by atoms with Gasteiger partial charge in [0.1, 0.15) is 13.2 Å². The van der Waals surface area contributed by atoms with E-state index < -0.39 is 6.10 Å². The minimum absolute atomic E-state index is 0.0655. The number of hydrogen-bond acceptors (Lipinski definition) is 6. The van der Waals surface area contributed by atoms with E-state index >= 15 is 0 Å². The first-order valence-corrected chi connectivity index (χ1v) is 20.9. The van der Waals surface area contributed by atoms with Crippen molar-refractivity contribution >= 4 is 17.9 Å². The van der Waals surface area contributed by atoms with Gasteiger partial charge >= 0.3 is 17.9 Å². The maximum atomic E-state index is 12.6. The van der Waals surface area contributed by atoms with Crippen LogP contribution in [0.3, 0.4) is 0 Å². The summed E-state index contributed by atoms with van der Waals surface area (Å²) in [6.07, 6.45) is 33.8. The fraction of sp³-hybridized carbons (Fsp3) is 0.929. The molecule has 0 radical (unpaired) electrons. The Morgan fingerprint density at radius 2 is 0.729 bits per heavy atom. The molecule has 0 rings (SSSR count). The molecule has 0 aliphatic heterocycles. The smallest absolute Gasteiger partial charge is 0.306 e. The van der Waals surface area contributed by atoms with E-state index in [1.54, 1.807) is 0 Å². The lowest BCUT2D eigenvalue weighted by Crippen LogP contribution is -2.30. The Morgan fingerprint density at radius 3 is 1.08 bits per heavy atom. The van der Waals surface area contributed by atoms with Crippen LogP contribution in [-0.4, -0.2) is 37.2 Å². The molecule has 1 unspecified atom stereocenters. The molecule has 0 aromatic rings. The minimum Gasteiger partial charge on any atom is -0.462 e. The molecule has 48 heavy (non-hydrogen) atoms. The molecule has 0 bridgehead atoms. The zero-order chi connectivity index (χ0) is 35.3. The van der Waals surface area contributed by atoms with Gasteiger partial charge in [-0.1, -0.05) is 188 Å². The second-order valence-corrected chi connectivity index (χ2v) is 14.5. The van der Waals surface area contributed by atoms with Crippen molar-refractivity contribution in [3.8, 4) is 0 Å². The maximum absolute atomic E-state index is 12.6. The third-order valence-corrected chi connectivity index (χ3v) is 9.65. The Kier molecular flexibility index (Phi) is 35.5. The van der Waals surface area contributed by atoms with Crippen LogP contribution in [0, 0.1) is 5.92 Å². The van der Waals surface area contributed by atoms with Crippen LogP contribution in [0.2, 0.25) is 0 Å². The molecular formula is C42H80O6. The van der Waals surface area contributed by atoms with Crippen LogP contribution >= 0.6 is 0 Å². The summed E-state index contributed by atoms with van der Waals surface area (Å²) in [5.41, 5.74) is 0. The van der Waals surface area contributed by atoms with E-state index in [0.717, 1.165) is 63.7 Å². The highest BCUT2D eigenvalue weighted by molar-refractivity contribution is 5.71. The Bertz CT molecular complexity index is 723. The number of carbonyl (C=O) groups is 3. The molecule has 0 aliphatic rings. The van der Waals surface area contributed by atoms with Gasteiger partial charge in [-0.25, -0.2) is 0 Å². The van der Waals surface area contributed by atoms with Crippen molar-refractivity contribution in [1.82, 2.24) is 0 Å². The number of unbranched alkanes of at least 4 members (excludes halogenated alkanes) is 23. The van der Waals surface area contributed by atoms with E-state index in [1.165, 1.54) is 122 Å². The molecule has 6 nitrogen and oxygen atoms in total. The predicted molar refractivity (Wildman–Crippen MR) is 201 cm³/mol. The highest BCUT2D eigenvalue weighted by Crippen LogP contribution is 2.16. The first-order valence-electron chi connectivity index (χ1n) is 20.9. The van der Waals surface area contributed by atoms with Crippen molar-refractivity contribution in [3.63, 3.8) is 0 Å². The topological polar surface area (TPSA) is 78.9 Å². The van der Waals surface area contributed by atoms with Gasteiger partial charge in [-0.2, -0.15) is 0 Å². The summed E-state index contributed by atoms with van der Waals surface area (Å²) >= 11 is 0. The average Bonchev–Trinajstić information content (AvgIpc) is 3.08. The van der Waals surface area contributed by atoms with Crippen LogP contribution in [0.1, 0.15) is 227 Å². The Balaban J connectivity index is 4.28. The van der Waals surface area contributed by atoms with Crippen LogP contribution in [-0.2, 0) is 28.6 Å². The molecule has 0 aromatic carbocycles. The SMILES string of the molecule is CCCCCCCCCCCCCCCC(=O)OC[C@H](COC(=O)CCCCCCCCC(C)CC)OC(=O)CCCCCCCCC. The van der Waals surface area contributed by atoms with Crippen molar-refractivity contribution < 1.29 is 28.6 Å². The number of carbonyl (C=O) groups excluding carboxylic acids is 3. The van der Waals surface area contributed by atoms with Gasteiger partial charge in [0.05, 0.1) is 0 Å². The summed E-state index contributed by atoms with van der Waals surface area (Å²) in [5, 5.41) is 0. The maximum Gasteiger partial charge on any atom is 0.306 e. The molecule has 0 N–H and O–H groups in total. The molecule has 6 heteroatoms. The molecule has 0 spiro atoms. The van der Waals surface area contributed by atoms with E-state index in [0.29, 0.717) is 19.3 Å². The van der Waals surface area contributed by atoms with Crippen molar-refractivity contribution in [2.75, 3.05) is 13.2 Å². The highest BCUT2D eigenvalue weighted by Gasteiger charge is 2.19. The Labute approximate surface area is 298 Å². The lowest BCUT2D eigenvalue weighted by atomic mass is 10.00. The molecule has 0 heterocycles. The number of esters is 3. The van der Waals surface area contributed by atoms with E-state index in [-0.39, 0.29) is 31.1 Å². The van der Waals surface area contributed by atoms with E-state index in [4.69, 9.17) is 14.2 Å². The number of hydrogen-bond donors (Lipinski definition) is 0. The molecule has 0 fully saturated rings. The predicted octanol–water partition coefficient (Wildman–Crippen LogP) is 12.8. The summed E-state index contributed by atoms with van der Waals surface area (Å²) in [5.74, 6) is -0.0545. The second-order valence-electron chi connectivity index (χ2n) is 14.5. The van der Waals surface area contributed by atoms with Gasteiger partial charge in [0, 0.05) is 19.3 Å². The third-order valence-electron chi connectivity index (χ3n) is 9.65. The summed E-state index contributed by atoms with van der Waals surface area (Å²) in [6, 6.07) is 0. The van der Waals surface area contributed by atoms with E-state index in [2.05, 4.69) is 27.7 Å². The van der Waals surface area contributed by atoms with Crippen LogP contribution in [0.15, 0.2) is 0 Å². The largest absolute Gasteiger partial charge is 0.462 e. The first kappa shape index (κ1) is 46.4. The van der Waals surface area contributed by atoms with Gasteiger partial charge in [-0.3, -0.25) is 14.4 Å². The van der Waals surface area contributed by atoms with Crippen LogP contribution in [0.5, 0.6) is 0 Å². The van der Waals surface area contributed by atoms with Gasteiger partial charge in [-0.05, 0) is 25.2 Å². The van der Waals surface area contributed by atoms with Gasteiger partial charge in [0.25, 0.3) is 0 Å². The molecule has 0 saturated heterocycles. The lowest BCUT2D eigenvalue weighted by Gasteiger charge is -2.18. The zero-order valence-corrected chi connectivity index (χ0v) is 32.4. The van der Waals surface area contributed by atoms with Crippen LogP contribution in [0.4, 0.5) is 0 Å². The minimum atomic E-state index is -0.757. The summed E-state index contributed by atoms with van der Waals surface area (Å²) in [4.78, 5) is 37.4. The highest BCUT2D eigenvalue weighted by atomic mass is 16.6. The fourth-order valence-corrected chi connectivity index (χ4v) is 6.06. The van der Waals surface area contributed by atoms with E-state index in [9.17, 15) is 14.4 Å². The van der Waals surface area contributed by atoms with Gasteiger partial charge in [-0.15, -0.1) is 0 Å². The van der Waals surface area contributed by atoms with Crippen molar-refractivity contribution in [3.05, 3.63) is 0 Å². The third kappa shape index (κ3) is 34.3. The van der Waals surface area contributed by atoms with Gasteiger partial charge < -0.3 is 14.2 Å². The molecule has 0 saturated carbocycles. The number of rotatable bonds is 37. The van der Waals surface area contributed by atoms with E-state index in [1.807, 2.05) is 0 Å². The van der Waals surface area contributed by atoms with Crippen molar-refractivity contribution in [2.45, 2.75) is 233 Å². The van der Waals surface area contributed by atoms with Crippen LogP contribution in [0.25, 0.3) is 0 Å². The van der Waals surface area contributed by atoms with Gasteiger partial charge in [0.15, 0.2) is 6.10 Å². The quantitative estimate of drug-likeness (QED) is 0.0369.